The summed E-state index contributed by atoms with van der Waals surface area (Å²) in [7, 11) is 1.55. The zero-order valence-electron chi connectivity index (χ0n) is 14.0. The number of piperazine rings is 1. The van der Waals surface area contributed by atoms with Crippen LogP contribution in [0.1, 0.15) is 6.42 Å². The monoisotopic (exact) mass is 484 g/mol. The lowest BCUT2D eigenvalue weighted by Gasteiger charge is -2.34. The van der Waals surface area contributed by atoms with Crippen LogP contribution in [0.4, 0.5) is 5.95 Å². The Morgan fingerprint density at radius 1 is 1.36 bits per heavy atom. The van der Waals surface area contributed by atoms with Crippen molar-refractivity contribution in [1.82, 2.24) is 14.9 Å². The third-order valence-corrected chi connectivity index (χ3v) is 4.80. The Morgan fingerprint density at radius 2 is 2.00 bits per heavy atom. The maximum Gasteiger partial charge on any atom is 0.225 e. The molecule has 2 rings (SSSR count). The number of halogens is 2. The summed E-state index contributed by atoms with van der Waals surface area (Å²) >= 11 is 7.66. The lowest BCUT2D eigenvalue weighted by Crippen LogP contribution is -2.49. The molecule has 8 nitrogen and oxygen atoms in total. The predicted molar refractivity (Wildman–Crippen MR) is 102 cm³/mol. The summed E-state index contributed by atoms with van der Waals surface area (Å²) in [4.78, 5) is 24.5. The Hall–Kier alpha value is -0.750. The summed E-state index contributed by atoms with van der Waals surface area (Å²) in [6.07, 6.45) is 2.98. The Morgan fingerprint density at radius 3 is 2.56 bits per heavy atom. The van der Waals surface area contributed by atoms with Crippen molar-refractivity contribution >= 4 is 46.0 Å². The van der Waals surface area contributed by atoms with E-state index in [2.05, 4.69) is 9.97 Å². The molecule has 1 aromatic rings. The van der Waals surface area contributed by atoms with Gasteiger partial charge in [0.05, 0.1) is 37.1 Å². The number of ether oxygens (including phenoxy) is 2. The molecule has 1 aromatic heterocycles. The van der Waals surface area contributed by atoms with Crippen molar-refractivity contribution in [3.8, 4) is 0 Å². The highest BCUT2D eigenvalue weighted by atomic mass is 127. The molecule has 1 N–H and O–H groups in total. The number of aliphatic hydroxyl groups excluding tert-OH is 1. The number of hydrogen-bond donors (Lipinski definition) is 1. The second kappa shape index (κ2) is 10.4. The highest BCUT2D eigenvalue weighted by Gasteiger charge is 2.23. The largest absolute Gasteiger partial charge is 0.382 e. The van der Waals surface area contributed by atoms with E-state index in [1.54, 1.807) is 19.5 Å². The summed E-state index contributed by atoms with van der Waals surface area (Å²) in [5.41, 5.74) is 0. The Balaban J connectivity index is 1.72. The van der Waals surface area contributed by atoms with Crippen LogP contribution in [0.2, 0.25) is 5.02 Å². The van der Waals surface area contributed by atoms with Gasteiger partial charge in [0, 0.05) is 33.3 Å². The molecular weight excluding hydrogens is 463 g/mol. The Kier molecular flexibility index (Phi) is 8.56. The molecule has 0 bridgehead atoms. The fraction of sp³-hybridized carbons (Fsp3) is 0.667. The minimum absolute atomic E-state index is 0.0378. The normalized spacial score (nSPS) is 17.4. The van der Waals surface area contributed by atoms with Gasteiger partial charge in [-0.1, -0.05) is 11.6 Å². The van der Waals surface area contributed by atoms with Gasteiger partial charge in [0.2, 0.25) is 11.9 Å². The summed E-state index contributed by atoms with van der Waals surface area (Å²) in [5, 5.41) is 10.1. The molecule has 0 aliphatic carbocycles. The van der Waals surface area contributed by atoms with Crippen molar-refractivity contribution in [2.75, 3.05) is 51.4 Å². The number of aromatic nitrogens is 2. The molecule has 0 radical (unpaired) electrons. The van der Waals surface area contributed by atoms with Crippen molar-refractivity contribution in [3.05, 3.63) is 17.4 Å². The number of anilines is 1. The lowest BCUT2D eigenvalue weighted by atomic mass is 10.3. The van der Waals surface area contributed by atoms with Crippen LogP contribution in [0.25, 0.3) is 0 Å². The van der Waals surface area contributed by atoms with E-state index in [4.69, 9.17) is 21.1 Å². The SMILES string of the molecule is COCC(OCCC(=O)N1CCN(c2ncc(Cl)cn2)CC1)C(O)I. The maximum atomic E-state index is 12.3. The van der Waals surface area contributed by atoms with Gasteiger partial charge in [-0.15, -0.1) is 0 Å². The van der Waals surface area contributed by atoms with E-state index in [0.29, 0.717) is 37.1 Å². The van der Waals surface area contributed by atoms with Gasteiger partial charge in [-0.3, -0.25) is 4.79 Å². The lowest BCUT2D eigenvalue weighted by molar-refractivity contribution is -0.133. The van der Waals surface area contributed by atoms with Gasteiger partial charge in [0.15, 0.2) is 0 Å². The molecule has 0 saturated carbocycles. The minimum Gasteiger partial charge on any atom is -0.382 e. The second-order valence-corrected chi connectivity index (χ2v) is 7.27. The summed E-state index contributed by atoms with van der Waals surface area (Å²) in [6.45, 7) is 3.12. The number of nitrogens with zero attached hydrogens (tertiary/aromatic N) is 4. The standard InChI is InChI=1S/C15H22ClIN4O4/c1-24-10-12(14(17)23)25-7-2-13(22)20-3-5-21(6-4-20)15-18-8-11(16)9-19-15/h8-9,12,14,23H,2-7,10H2,1H3. The molecule has 0 spiro atoms. The van der Waals surface area contributed by atoms with E-state index >= 15 is 0 Å². The van der Waals surface area contributed by atoms with Gasteiger partial charge >= 0.3 is 0 Å². The molecule has 2 unspecified atom stereocenters. The van der Waals surface area contributed by atoms with Gasteiger partial charge in [0.25, 0.3) is 0 Å². The summed E-state index contributed by atoms with van der Waals surface area (Å²) < 4.78 is 9.85. The number of carbonyl (C=O) groups is 1. The quantitative estimate of drug-likeness (QED) is 0.434. The first kappa shape index (κ1) is 20.6. The third-order valence-electron chi connectivity index (χ3n) is 3.81. The number of amides is 1. The van der Waals surface area contributed by atoms with Crippen molar-refractivity contribution in [3.63, 3.8) is 0 Å². The van der Waals surface area contributed by atoms with E-state index in [0.717, 1.165) is 0 Å². The molecule has 1 saturated heterocycles. The maximum absolute atomic E-state index is 12.3. The summed E-state index contributed by atoms with van der Waals surface area (Å²) in [6, 6.07) is 0. The van der Waals surface area contributed by atoms with E-state index in [9.17, 15) is 9.90 Å². The molecule has 1 aliphatic rings. The Labute approximate surface area is 165 Å². The zero-order valence-corrected chi connectivity index (χ0v) is 16.9. The van der Waals surface area contributed by atoms with Crippen LogP contribution < -0.4 is 4.90 Å². The van der Waals surface area contributed by atoms with Gasteiger partial charge in [-0.25, -0.2) is 9.97 Å². The number of methoxy groups -OCH3 is 1. The average molecular weight is 485 g/mol. The molecule has 140 valence electrons. The summed E-state index contributed by atoms with van der Waals surface area (Å²) in [5.74, 6) is 0.661. The van der Waals surface area contributed by atoms with Gasteiger partial charge < -0.3 is 24.4 Å². The van der Waals surface area contributed by atoms with E-state index in [1.165, 1.54) is 0 Å². The first-order valence-electron chi connectivity index (χ1n) is 7.94. The molecule has 1 amide bonds. The van der Waals surface area contributed by atoms with E-state index in [-0.39, 0.29) is 25.5 Å². The number of aliphatic hydroxyl groups is 1. The molecule has 2 heterocycles. The van der Waals surface area contributed by atoms with Gasteiger partial charge in [-0.05, 0) is 22.6 Å². The number of rotatable bonds is 8. The molecule has 1 fully saturated rings. The first-order chi connectivity index (χ1) is 12.0. The zero-order chi connectivity index (χ0) is 18.2. The second-order valence-electron chi connectivity index (χ2n) is 5.56. The smallest absolute Gasteiger partial charge is 0.225 e. The van der Waals surface area contributed by atoms with Crippen LogP contribution in [0, 0.1) is 0 Å². The molecule has 10 heteroatoms. The molecule has 25 heavy (non-hydrogen) atoms. The fourth-order valence-electron chi connectivity index (χ4n) is 2.45. The third kappa shape index (κ3) is 6.48. The van der Waals surface area contributed by atoms with Crippen LogP contribution >= 0.6 is 34.2 Å². The van der Waals surface area contributed by atoms with Crippen molar-refractivity contribution < 1.29 is 19.4 Å². The molecule has 0 aromatic carbocycles. The Bertz CT molecular complexity index is 541. The highest BCUT2D eigenvalue weighted by molar-refractivity contribution is 14.1. The number of hydrogen-bond acceptors (Lipinski definition) is 7. The first-order valence-corrected chi connectivity index (χ1v) is 9.56. The average Bonchev–Trinajstić information content (AvgIpc) is 2.61. The number of carbonyl (C=O) groups excluding carboxylic acids is 1. The van der Waals surface area contributed by atoms with Crippen molar-refractivity contribution in [2.24, 2.45) is 0 Å². The molecule has 1 aliphatic heterocycles. The minimum atomic E-state index is -0.671. The highest BCUT2D eigenvalue weighted by Crippen LogP contribution is 2.14. The van der Waals surface area contributed by atoms with Crippen LogP contribution in [-0.4, -0.2) is 82.6 Å². The van der Waals surface area contributed by atoms with Crippen molar-refractivity contribution in [1.29, 1.82) is 0 Å². The molecule has 2 atom stereocenters. The van der Waals surface area contributed by atoms with E-state index < -0.39 is 10.2 Å². The van der Waals surface area contributed by atoms with Gasteiger partial charge in [-0.2, -0.15) is 0 Å². The number of alkyl halides is 1. The molecular formula is C15H22ClIN4O4. The van der Waals surface area contributed by atoms with Crippen LogP contribution in [0.15, 0.2) is 12.4 Å². The van der Waals surface area contributed by atoms with Crippen molar-refractivity contribution in [2.45, 2.75) is 16.6 Å². The van der Waals surface area contributed by atoms with Crippen LogP contribution in [-0.2, 0) is 14.3 Å². The van der Waals surface area contributed by atoms with Crippen LogP contribution in [0.5, 0.6) is 0 Å². The fourth-order valence-corrected chi connectivity index (χ4v) is 2.96. The van der Waals surface area contributed by atoms with Crippen LogP contribution in [0.3, 0.4) is 0 Å². The van der Waals surface area contributed by atoms with E-state index in [1.807, 2.05) is 32.4 Å². The predicted octanol–water partition coefficient (Wildman–Crippen LogP) is 0.954. The topological polar surface area (TPSA) is 88.0 Å². The van der Waals surface area contributed by atoms with Gasteiger partial charge in [0.1, 0.15) is 10.2 Å².